The molecule has 1 aliphatic heterocycles. The normalized spacial score (nSPS) is 16.0. The molecule has 0 atom stereocenters. The van der Waals surface area contributed by atoms with E-state index in [0.29, 0.717) is 18.7 Å². The van der Waals surface area contributed by atoms with Crippen LogP contribution in [0.2, 0.25) is 0 Å². The molecule has 2 aromatic carbocycles. The van der Waals surface area contributed by atoms with Gasteiger partial charge in [-0.1, -0.05) is 25.0 Å². The maximum absolute atomic E-state index is 13.1. The van der Waals surface area contributed by atoms with Crippen molar-refractivity contribution in [1.29, 1.82) is 5.26 Å². The van der Waals surface area contributed by atoms with Crippen molar-refractivity contribution < 1.29 is 16.8 Å². The molecule has 7 nitrogen and oxygen atoms in total. The van der Waals surface area contributed by atoms with Crippen molar-refractivity contribution >= 4 is 25.7 Å². The molecule has 1 N–H and O–H groups in total. The monoisotopic (exact) mass is 433 g/mol. The van der Waals surface area contributed by atoms with Gasteiger partial charge in [-0.3, -0.25) is 4.72 Å². The average Bonchev–Trinajstić information content (AvgIpc) is 2.99. The molecule has 0 aliphatic carbocycles. The molecule has 9 heteroatoms. The topological polar surface area (TPSA) is 107 Å². The lowest BCUT2D eigenvalue weighted by atomic mass is 10.2. The highest BCUT2D eigenvalue weighted by Gasteiger charge is 2.27. The van der Waals surface area contributed by atoms with Crippen LogP contribution in [0.25, 0.3) is 0 Å². The van der Waals surface area contributed by atoms with Gasteiger partial charge in [0, 0.05) is 13.1 Å². The van der Waals surface area contributed by atoms with Gasteiger partial charge in [-0.05, 0) is 55.7 Å². The first-order valence-electron chi connectivity index (χ1n) is 9.38. The average molecular weight is 434 g/mol. The van der Waals surface area contributed by atoms with E-state index in [0.717, 1.165) is 25.7 Å². The van der Waals surface area contributed by atoms with Gasteiger partial charge in [0.25, 0.3) is 10.0 Å². The molecule has 1 saturated heterocycles. The van der Waals surface area contributed by atoms with Gasteiger partial charge in [0.05, 0.1) is 27.1 Å². The Labute approximate surface area is 172 Å². The third-order valence-electron chi connectivity index (χ3n) is 4.90. The van der Waals surface area contributed by atoms with Crippen LogP contribution in [0.15, 0.2) is 52.3 Å². The summed E-state index contributed by atoms with van der Waals surface area (Å²) in [5.74, 6) is 0. The van der Waals surface area contributed by atoms with Crippen LogP contribution < -0.4 is 4.72 Å². The molecule has 1 heterocycles. The van der Waals surface area contributed by atoms with Crippen LogP contribution in [0, 0.1) is 18.3 Å². The number of hydrogen-bond acceptors (Lipinski definition) is 5. The number of nitrogens with zero attached hydrogens (tertiary/aromatic N) is 2. The minimum Gasteiger partial charge on any atom is -0.280 e. The fourth-order valence-corrected chi connectivity index (χ4v) is 6.17. The number of anilines is 1. The number of nitriles is 1. The standard InChI is InChI=1S/C20H23N3O4S2/c1-16-9-10-18(22-28(24,25)19-8-6-7-17(13-19)15-21)14-20(16)29(26,27)23-11-4-2-3-5-12-23/h6-10,13-14,22H,2-5,11-12H2,1H3. The van der Waals surface area contributed by atoms with Gasteiger partial charge in [0.1, 0.15) is 0 Å². The van der Waals surface area contributed by atoms with Crippen molar-refractivity contribution in [3.05, 3.63) is 53.6 Å². The van der Waals surface area contributed by atoms with Gasteiger partial charge >= 0.3 is 0 Å². The highest BCUT2D eigenvalue weighted by atomic mass is 32.2. The van der Waals surface area contributed by atoms with Crippen LogP contribution in [-0.2, 0) is 20.0 Å². The maximum atomic E-state index is 13.1. The van der Waals surface area contributed by atoms with Crippen LogP contribution in [0.3, 0.4) is 0 Å². The van der Waals surface area contributed by atoms with Crippen LogP contribution in [0.1, 0.15) is 36.8 Å². The van der Waals surface area contributed by atoms with Gasteiger partial charge < -0.3 is 0 Å². The van der Waals surface area contributed by atoms with E-state index in [9.17, 15) is 16.8 Å². The molecular weight excluding hydrogens is 410 g/mol. The molecule has 0 amide bonds. The molecular formula is C20H23N3O4S2. The Morgan fingerprint density at radius 3 is 2.31 bits per heavy atom. The van der Waals surface area contributed by atoms with E-state index >= 15 is 0 Å². The molecule has 0 spiro atoms. The van der Waals surface area contributed by atoms with E-state index in [1.165, 1.54) is 40.7 Å². The van der Waals surface area contributed by atoms with Crippen molar-refractivity contribution in [3.63, 3.8) is 0 Å². The Hall–Kier alpha value is -2.41. The molecule has 29 heavy (non-hydrogen) atoms. The Balaban J connectivity index is 1.93. The van der Waals surface area contributed by atoms with E-state index < -0.39 is 20.0 Å². The predicted octanol–water partition coefficient (Wildman–Crippen LogP) is 3.23. The van der Waals surface area contributed by atoms with E-state index in [1.54, 1.807) is 13.0 Å². The van der Waals surface area contributed by atoms with Gasteiger partial charge in [0.2, 0.25) is 10.0 Å². The van der Waals surface area contributed by atoms with Crippen molar-refractivity contribution in [1.82, 2.24) is 4.31 Å². The summed E-state index contributed by atoms with van der Waals surface area (Å²) in [5, 5.41) is 8.98. The summed E-state index contributed by atoms with van der Waals surface area (Å²) in [7, 11) is -7.68. The molecule has 0 unspecified atom stereocenters. The predicted molar refractivity (Wildman–Crippen MR) is 110 cm³/mol. The highest BCUT2D eigenvalue weighted by molar-refractivity contribution is 7.92. The lowest BCUT2D eigenvalue weighted by molar-refractivity contribution is 0.423. The first-order chi connectivity index (χ1) is 13.7. The van der Waals surface area contributed by atoms with Crippen molar-refractivity contribution in [2.24, 2.45) is 0 Å². The second-order valence-corrected chi connectivity index (χ2v) is 10.6. The Kier molecular flexibility index (Phi) is 6.27. The van der Waals surface area contributed by atoms with Gasteiger partial charge in [-0.25, -0.2) is 16.8 Å². The zero-order valence-electron chi connectivity index (χ0n) is 16.1. The molecule has 2 aromatic rings. The number of aryl methyl sites for hydroxylation is 1. The van der Waals surface area contributed by atoms with Gasteiger partial charge in [-0.15, -0.1) is 0 Å². The van der Waals surface area contributed by atoms with Crippen molar-refractivity contribution in [2.75, 3.05) is 17.8 Å². The molecule has 0 radical (unpaired) electrons. The molecule has 1 fully saturated rings. The fourth-order valence-electron chi connectivity index (χ4n) is 3.31. The van der Waals surface area contributed by atoms with E-state index in [-0.39, 0.29) is 21.0 Å². The summed E-state index contributed by atoms with van der Waals surface area (Å²) in [6.45, 7) is 2.64. The van der Waals surface area contributed by atoms with Crippen LogP contribution in [-0.4, -0.2) is 34.2 Å². The molecule has 3 rings (SSSR count). The van der Waals surface area contributed by atoms with E-state index in [2.05, 4.69) is 4.72 Å². The lowest BCUT2D eigenvalue weighted by Gasteiger charge is -2.21. The van der Waals surface area contributed by atoms with E-state index in [1.807, 2.05) is 6.07 Å². The van der Waals surface area contributed by atoms with Crippen molar-refractivity contribution in [2.45, 2.75) is 42.4 Å². The van der Waals surface area contributed by atoms with Gasteiger partial charge in [-0.2, -0.15) is 9.57 Å². The zero-order chi connectivity index (χ0) is 21.1. The maximum Gasteiger partial charge on any atom is 0.261 e. The molecule has 0 saturated carbocycles. The summed E-state index contributed by atoms with van der Waals surface area (Å²) in [6, 6.07) is 12.0. The largest absolute Gasteiger partial charge is 0.280 e. The number of rotatable bonds is 5. The summed E-state index contributed by atoms with van der Waals surface area (Å²) in [6.07, 6.45) is 3.65. The Bertz CT molecular complexity index is 1140. The summed E-state index contributed by atoms with van der Waals surface area (Å²) in [5.41, 5.74) is 0.941. The van der Waals surface area contributed by atoms with E-state index in [4.69, 9.17) is 5.26 Å². The molecule has 0 aromatic heterocycles. The van der Waals surface area contributed by atoms with Crippen LogP contribution >= 0.6 is 0 Å². The first kappa shape index (κ1) is 21.3. The zero-order valence-corrected chi connectivity index (χ0v) is 17.8. The van der Waals surface area contributed by atoms with Crippen molar-refractivity contribution in [3.8, 4) is 6.07 Å². The molecule has 1 aliphatic rings. The quantitative estimate of drug-likeness (QED) is 0.779. The first-order valence-corrected chi connectivity index (χ1v) is 12.3. The Morgan fingerprint density at radius 1 is 0.966 bits per heavy atom. The number of nitrogens with one attached hydrogen (secondary N) is 1. The minimum absolute atomic E-state index is 0.0611. The SMILES string of the molecule is Cc1ccc(NS(=O)(=O)c2cccc(C#N)c2)cc1S(=O)(=O)N1CCCCCC1. The summed E-state index contributed by atoms with van der Waals surface area (Å²) >= 11 is 0. The number of sulfonamides is 2. The number of hydrogen-bond donors (Lipinski definition) is 1. The number of benzene rings is 2. The second kappa shape index (κ2) is 8.53. The minimum atomic E-state index is -3.96. The second-order valence-electron chi connectivity index (χ2n) is 7.04. The Morgan fingerprint density at radius 2 is 1.66 bits per heavy atom. The smallest absolute Gasteiger partial charge is 0.261 e. The third-order valence-corrected chi connectivity index (χ3v) is 8.32. The lowest BCUT2D eigenvalue weighted by Crippen LogP contribution is -2.32. The molecule has 154 valence electrons. The van der Waals surface area contributed by atoms with Gasteiger partial charge in [0.15, 0.2) is 0 Å². The molecule has 0 bridgehead atoms. The fraction of sp³-hybridized carbons (Fsp3) is 0.350. The van der Waals surface area contributed by atoms with Crippen LogP contribution in [0.5, 0.6) is 0 Å². The summed E-state index contributed by atoms with van der Waals surface area (Å²) < 4.78 is 55.6. The van der Waals surface area contributed by atoms with Crippen LogP contribution in [0.4, 0.5) is 5.69 Å². The summed E-state index contributed by atoms with van der Waals surface area (Å²) in [4.78, 5) is 0.0411. The third kappa shape index (κ3) is 4.78. The highest BCUT2D eigenvalue weighted by Crippen LogP contribution is 2.27.